The van der Waals surface area contributed by atoms with Gasteiger partial charge in [-0.1, -0.05) is 30.3 Å². The molecule has 0 atom stereocenters. The first-order valence-electron chi connectivity index (χ1n) is 10.3. The maximum absolute atomic E-state index is 12.6. The van der Waals surface area contributed by atoms with Crippen LogP contribution in [0.15, 0.2) is 40.9 Å². The summed E-state index contributed by atoms with van der Waals surface area (Å²) in [6.07, 6.45) is 4.42. The van der Waals surface area contributed by atoms with Crippen LogP contribution in [-0.2, 0) is 20.7 Å². The van der Waals surface area contributed by atoms with Gasteiger partial charge in [0.25, 0.3) is 0 Å². The Morgan fingerprint density at radius 3 is 2.76 bits per heavy atom. The molecule has 2 heterocycles. The van der Waals surface area contributed by atoms with Gasteiger partial charge in [0.2, 0.25) is 5.91 Å². The van der Waals surface area contributed by atoms with E-state index >= 15 is 0 Å². The molecule has 0 saturated carbocycles. The molecule has 0 unspecified atom stereocenters. The predicted octanol–water partition coefficient (Wildman–Crippen LogP) is 2.76. The van der Waals surface area contributed by atoms with Crippen molar-refractivity contribution in [2.45, 2.75) is 32.6 Å². The molecule has 1 aromatic carbocycles. The minimum atomic E-state index is -0.201. The molecule has 1 saturated heterocycles. The van der Waals surface area contributed by atoms with Gasteiger partial charge in [-0.2, -0.15) is 0 Å². The first-order valence-corrected chi connectivity index (χ1v) is 10.3. The minimum Gasteiger partial charge on any atom is -0.465 e. The van der Waals surface area contributed by atoms with Crippen LogP contribution in [0.4, 0.5) is 0 Å². The second-order valence-corrected chi connectivity index (χ2v) is 7.15. The van der Waals surface area contributed by atoms with Crippen molar-refractivity contribution in [3.63, 3.8) is 0 Å². The van der Waals surface area contributed by atoms with E-state index in [1.807, 2.05) is 35.2 Å². The predicted molar refractivity (Wildman–Crippen MR) is 109 cm³/mol. The van der Waals surface area contributed by atoms with Crippen LogP contribution in [0.2, 0.25) is 0 Å². The zero-order valence-corrected chi connectivity index (χ0v) is 17.0. The first-order chi connectivity index (χ1) is 14.2. The monoisotopic (exact) mass is 399 g/mol. The summed E-state index contributed by atoms with van der Waals surface area (Å²) in [6.45, 7) is 5.39. The highest BCUT2D eigenvalue weighted by molar-refractivity contribution is 5.76. The van der Waals surface area contributed by atoms with E-state index in [9.17, 15) is 9.59 Å². The van der Waals surface area contributed by atoms with Gasteiger partial charge in [0.05, 0.1) is 19.3 Å². The largest absolute Gasteiger partial charge is 0.465 e. The molecule has 29 heavy (non-hydrogen) atoms. The Morgan fingerprint density at radius 1 is 1.14 bits per heavy atom. The molecular weight excluding hydrogens is 370 g/mol. The van der Waals surface area contributed by atoms with Crippen LogP contribution < -0.4 is 0 Å². The lowest BCUT2D eigenvalue weighted by atomic mass is 10.2. The standard InChI is InChI=1S/C22H29N3O4/c1-2-28-22(27)17-24-12-7-13-25(15-14-24)21(26)11-6-10-20-23-16-19(29-20)18-8-4-3-5-9-18/h3-5,8-9,16H,2,6-7,10-15,17H2,1H3. The summed E-state index contributed by atoms with van der Waals surface area (Å²) in [6, 6.07) is 9.86. The van der Waals surface area contributed by atoms with Crippen molar-refractivity contribution in [1.82, 2.24) is 14.8 Å². The molecule has 1 aliphatic rings. The molecule has 0 spiro atoms. The number of oxazole rings is 1. The average molecular weight is 399 g/mol. The molecule has 7 heteroatoms. The first kappa shape index (κ1) is 21.0. The van der Waals surface area contributed by atoms with Gasteiger partial charge in [-0.25, -0.2) is 4.98 Å². The molecule has 1 amide bonds. The van der Waals surface area contributed by atoms with Crippen molar-refractivity contribution in [1.29, 1.82) is 0 Å². The minimum absolute atomic E-state index is 0.151. The van der Waals surface area contributed by atoms with E-state index in [1.54, 1.807) is 13.1 Å². The van der Waals surface area contributed by atoms with Crippen molar-refractivity contribution in [2.24, 2.45) is 0 Å². The number of amides is 1. The molecular formula is C22H29N3O4. The van der Waals surface area contributed by atoms with Crippen LogP contribution in [0.1, 0.15) is 32.1 Å². The van der Waals surface area contributed by atoms with Crippen LogP contribution in [-0.4, -0.2) is 66.0 Å². The second-order valence-electron chi connectivity index (χ2n) is 7.15. The van der Waals surface area contributed by atoms with Gasteiger partial charge in [0, 0.05) is 44.6 Å². The van der Waals surface area contributed by atoms with E-state index in [1.165, 1.54) is 0 Å². The quantitative estimate of drug-likeness (QED) is 0.636. The van der Waals surface area contributed by atoms with Crippen molar-refractivity contribution in [3.8, 4) is 11.3 Å². The van der Waals surface area contributed by atoms with E-state index < -0.39 is 0 Å². The average Bonchev–Trinajstić information content (AvgIpc) is 3.07. The van der Waals surface area contributed by atoms with Crippen molar-refractivity contribution < 1.29 is 18.7 Å². The Kier molecular flexibility index (Phi) is 7.81. The number of nitrogens with zero attached hydrogens (tertiary/aromatic N) is 3. The number of hydrogen-bond donors (Lipinski definition) is 0. The lowest BCUT2D eigenvalue weighted by molar-refractivity contribution is -0.144. The van der Waals surface area contributed by atoms with Gasteiger partial charge in [0.1, 0.15) is 0 Å². The summed E-state index contributed by atoms with van der Waals surface area (Å²) in [4.78, 5) is 32.5. The summed E-state index contributed by atoms with van der Waals surface area (Å²) in [5.74, 6) is 1.36. The van der Waals surface area contributed by atoms with E-state index in [-0.39, 0.29) is 11.9 Å². The second kappa shape index (κ2) is 10.8. The van der Waals surface area contributed by atoms with Gasteiger partial charge >= 0.3 is 5.97 Å². The Morgan fingerprint density at radius 2 is 1.97 bits per heavy atom. The normalized spacial score (nSPS) is 15.1. The van der Waals surface area contributed by atoms with Crippen LogP contribution in [0, 0.1) is 0 Å². The Balaban J connectivity index is 1.41. The van der Waals surface area contributed by atoms with Crippen LogP contribution in [0.5, 0.6) is 0 Å². The Hall–Kier alpha value is -2.67. The molecule has 0 aliphatic carbocycles. The number of carbonyl (C=O) groups excluding carboxylic acids is 2. The number of hydrogen-bond acceptors (Lipinski definition) is 6. The Bertz CT molecular complexity index is 790. The smallest absolute Gasteiger partial charge is 0.320 e. The molecule has 0 bridgehead atoms. The maximum atomic E-state index is 12.6. The SMILES string of the molecule is CCOC(=O)CN1CCCN(C(=O)CCCc2ncc(-c3ccccc3)o2)CC1. The van der Waals surface area contributed by atoms with E-state index in [2.05, 4.69) is 9.88 Å². The molecule has 2 aromatic rings. The van der Waals surface area contributed by atoms with Crippen molar-refractivity contribution in [2.75, 3.05) is 39.3 Å². The van der Waals surface area contributed by atoms with Gasteiger partial charge in [-0.05, 0) is 19.8 Å². The summed E-state index contributed by atoms with van der Waals surface area (Å²) in [5.41, 5.74) is 0.999. The number of carbonyl (C=O) groups is 2. The highest BCUT2D eigenvalue weighted by Gasteiger charge is 2.20. The van der Waals surface area contributed by atoms with Gasteiger partial charge in [0.15, 0.2) is 11.7 Å². The fraction of sp³-hybridized carbons (Fsp3) is 0.500. The number of esters is 1. The molecule has 1 aliphatic heterocycles. The van der Waals surface area contributed by atoms with Crippen molar-refractivity contribution >= 4 is 11.9 Å². The van der Waals surface area contributed by atoms with E-state index in [0.717, 1.165) is 30.8 Å². The number of aromatic nitrogens is 1. The zero-order chi connectivity index (χ0) is 20.5. The Labute approximate surface area is 171 Å². The number of aryl methyl sites for hydroxylation is 1. The van der Waals surface area contributed by atoms with Crippen LogP contribution in [0.3, 0.4) is 0 Å². The fourth-order valence-corrected chi connectivity index (χ4v) is 3.48. The van der Waals surface area contributed by atoms with E-state index in [0.29, 0.717) is 51.4 Å². The third kappa shape index (κ3) is 6.42. The van der Waals surface area contributed by atoms with Crippen molar-refractivity contribution in [3.05, 3.63) is 42.4 Å². The number of rotatable bonds is 8. The van der Waals surface area contributed by atoms with Gasteiger partial charge in [-0.3, -0.25) is 14.5 Å². The molecule has 1 aromatic heterocycles. The fourth-order valence-electron chi connectivity index (χ4n) is 3.48. The lowest BCUT2D eigenvalue weighted by Gasteiger charge is -2.21. The van der Waals surface area contributed by atoms with E-state index in [4.69, 9.17) is 9.15 Å². The van der Waals surface area contributed by atoms with Gasteiger partial charge < -0.3 is 14.1 Å². The number of benzene rings is 1. The van der Waals surface area contributed by atoms with Gasteiger partial charge in [-0.15, -0.1) is 0 Å². The molecule has 3 rings (SSSR count). The third-order valence-electron chi connectivity index (χ3n) is 4.99. The highest BCUT2D eigenvalue weighted by atomic mass is 16.5. The highest BCUT2D eigenvalue weighted by Crippen LogP contribution is 2.20. The maximum Gasteiger partial charge on any atom is 0.320 e. The molecule has 0 N–H and O–H groups in total. The summed E-state index contributed by atoms with van der Waals surface area (Å²) in [7, 11) is 0. The molecule has 0 radical (unpaired) electrons. The summed E-state index contributed by atoms with van der Waals surface area (Å²) in [5, 5.41) is 0. The zero-order valence-electron chi connectivity index (χ0n) is 17.0. The molecule has 7 nitrogen and oxygen atoms in total. The molecule has 156 valence electrons. The van der Waals surface area contributed by atoms with Crippen LogP contribution in [0.25, 0.3) is 11.3 Å². The number of ether oxygens (including phenoxy) is 1. The summed E-state index contributed by atoms with van der Waals surface area (Å²) >= 11 is 0. The van der Waals surface area contributed by atoms with Crippen LogP contribution >= 0.6 is 0 Å². The topological polar surface area (TPSA) is 75.9 Å². The summed E-state index contributed by atoms with van der Waals surface area (Å²) < 4.78 is 10.8. The lowest BCUT2D eigenvalue weighted by Crippen LogP contribution is -2.37. The third-order valence-corrected chi connectivity index (χ3v) is 4.99. The molecule has 1 fully saturated rings.